The average molecular weight is 289 g/mol. The molecule has 0 unspecified atom stereocenters. The highest BCUT2D eigenvalue weighted by Gasteiger charge is 2.52. The fourth-order valence-electron chi connectivity index (χ4n) is 2.57. The average Bonchev–Trinajstić information content (AvgIpc) is 3.19. The maximum absolute atomic E-state index is 12.6. The molecule has 5 nitrogen and oxygen atoms in total. The molecule has 2 rings (SSSR count). The van der Waals surface area contributed by atoms with Gasteiger partial charge in [0.2, 0.25) is 11.8 Å². The fourth-order valence-corrected chi connectivity index (χ4v) is 2.57. The fraction of sp³-hybridized carbons (Fsp3) is 0.500. The van der Waals surface area contributed by atoms with Crippen molar-refractivity contribution in [2.75, 3.05) is 19.3 Å². The van der Waals surface area contributed by atoms with Crippen molar-refractivity contribution in [1.29, 1.82) is 0 Å². The van der Waals surface area contributed by atoms with Gasteiger partial charge in [-0.3, -0.25) is 9.59 Å². The van der Waals surface area contributed by atoms with Gasteiger partial charge in [0.25, 0.3) is 0 Å². The van der Waals surface area contributed by atoms with E-state index in [1.165, 1.54) is 4.90 Å². The second kappa shape index (κ2) is 5.76. The van der Waals surface area contributed by atoms with E-state index >= 15 is 0 Å². The topological polar surface area (TPSA) is 75.4 Å². The van der Waals surface area contributed by atoms with Gasteiger partial charge in [0, 0.05) is 18.8 Å². The lowest BCUT2D eigenvalue weighted by Crippen LogP contribution is -2.44. The minimum Gasteiger partial charge on any atom is -0.399 e. The molecule has 0 radical (unpaired) electrons. The van der Waals surface area contributed by atoms with Gasteiger partial charge >= 0.3 is 0 Å². The molecule has 0 aliphatic heterocycles. The van der Waals surface area contributed by atoms with Gasteiger partial charge in [0.1, 0.15) is 0 Å². The first kappa shape index (κ1) is 15.4. The van der Waals surface area contributed by atoms with E-state index in [0.29, 0.717) is 5.69 Å². The monoisotopic (exact) mass is 289 g/mol. The quantitative estimate of drug-likeness (QED) is 0.802. The lowest BCUT2D eigenvalue weighted by molar-refractivity contribution is -0.137. The van der Waals surface area contributed by atoms with Crippen molar-refractivity contribution in [3.63, 3.8) is 0 Å². The Morgan fingerprint density at radius 1 is 1.29 bits per heavy atom. The van der Waals surface area contributed by atoms with Crippen LogP contribution in [0.5, 0.6) is 0 Å². The van der Waals surface area contributed by atoms with Crippen LogP contribution in [0.1, 0.15) is 32.3 Å². The van der Waals surface area contributed by atoms with Crippen molar-refractivity contribution in [3.05, 3.63) is 29.8 Å². The number of carbonyl (C=O) groups excluding carboxylic acids is 2. The van der Waals surface area contributed by atoms with Crippen LogP contribution in [0.25, 0.3) is 0 Å². The molecule has 1 aromatic carbocycles. The third-order valence-corrected chi connectivity index (χ3v) is 3.80. The number of likely N-dealkylation sites (N-methyl/N-ethyl adjacent to an activating group) is 1. The van der Waals surface area contributed by atoms with Gasteiger partial charge in [-0.2, -0.15) is 0 Å². The second-order valence-electron chi connectivity index (χ2n) is 6.09. The van der Waals surface area contributed by atoms with E-state index < -0.39 is 5.41 Å². The van der Waals surface area contributed by atoms with Crippen LogP contribution < -0.4 is 11.1 Å². The molecule has 1 aromatic rings. The van der Waals surface area contributed by atoms with Crippen molar-refractivity contribution in [3.8, 4) is 0 Å². The number of anilines is 1. The van der Waals surface area contributed by atoms with Crippen LogP contribution in [0.15, 0.2) is 24.3 Å². The molecule has 2 amide bonds. The number of nitrogens with one attached hydrogen (secondary N) is 1. The molecule has 0 atom stereocenters. The summed E-state index contributed by atoms with van der Waals surface area (Å²) in [6.45, 7) is 3.89. The Morgan fingerprint density at radius 3 is 2.33 bits per heavy atom. The van der Waals surface area contributed by atoms with Gasteiger partial charge in [-0.05, 0) is 44.4 Å². The van der Waals surface area contributed by atoms with Gasteiger partial charge in [0.15, 0.2) is 0 Å². The molecule has 1 saturated carbocycles. The summed E-state index contributed by atoms with van der Waals surface area (Å²) in [4.78, 5) is 25.9. The number of hydrogen-bond donors (Lipinski definition) is 2. The molecule has 0 bridgehead atoms. The first-order valence-electron chi connectivity index (χ1n) is 7.26. The molecule has 0 saturated heterocycles. The number of benzene rings is 1. The van der Waals surface area contributed by atoms with Crippen molar-refractivity contribution >= 4 is 17.5 Å². The zero-order valence-electron chi connectivity index (χ0n) is 12.8. The van der Waals surface area contributed by atoms with E-state index in [1.54, 1.807) is 7.05 Å². The molecule has 1 aliphatic rings. The standard InChI is InChI=1S/C16H23N3O2/c1-11(2)18-14(20)10-19(3)15(21)16(8-9-16)12-4-6-13(17)7-5-12/h4-7,11H,8-10,17H2,1-3H3,(H,18,20). The summed E-state index contributed by atoms with van der Waals surface area (Å²) >= 11 is 0. The lowest BCUT2D eigenvalue weighted by atomic mass is 9.94. The summed E-state index contributed by atoms with van der Waals surface area (Å²) in [6.07, 6.45) is 1.65. The molecular formula is C16H23N3O2. The lowest BCUT2D eigenvalue weighted by Gasteiger charge is -2.24. The molecule has 0 heterocycles. The van der Waals surface area contributed by atoms with Gasteiger partial charge in [0.05, 0.1) is 12.0 Å². The number of nitrogens with two attached hydrogens (primary N) is 1. The largest absolute Gasteiger partial charge is 0.399 e. The van der Waals surface area contributed by atoms with E-state index in [4.69, 9.17) is 5.73 Å². The van der Waals surface area contributed by atoms with Crippen LogP contribution in [-0.2, 0) is 15.0 Å². The molecule has 3 N–H and O–H groups in total. The smallest absolute Gasteiger partial charge is 0.239 e. The summed E-state index contributed by atoms with van der Waals surface area (Å²) in [5.41, 5.74) is 6.90. The second-order valence-corrected chi connectivity index (χ2v) is 6.09. The van der Waals surface area contributed by atoms with Crippen LogP contribution in [0.3, 0.4) is 0 Å². The number of carbonyl (C=O) groups is 2. The van der Waals surface area contributed by atoms with Crippen LogP contribution in [0.4, 0.5) is 5.69 Å². The Morgan fingerprint density at radius 2 is 1.86 bits per heavy atom. The maximum Gasteiger partial charge on any atom is 0.239 e. The number of amides is 2. The zero-order chi connectivity index (χ0) is 15.6. The molecule has 0 spiro atoms. The Labute approximate surface area is 125 Å². The summed E-state index contributed by atoms with van der Waals surface area (Å²) < 4.78 is 0. The van der Waals surface area contributed by atoms with Gasteiger partial charge in [-0.1, -0.05) is 12.1 Å². The molecule has 114 valence electrons. The Balaban J connectivity index is 2.05. The highest BCUT2D eigenvalue weighted by Crippen LogP contribution is 2.49. The van der Waals surface area contributed by atoms with Crippen LogP contribution in [0, 0.1) is 0 Å². The minimum atomic E-state index is -0.458. The normalized spacial score (nSPS) is 15.6. The van der Waals surface area contributed by atoms with E-state index in [9.17, 15) is 9.59 Å². The number of nitrogens with zero attached hydrogens (tertiary/aromatic N) is 1. The van der Waals surface area contributed by atoms with Crippen molar-refractivity contribution in [1.82, 2.24) is 10.2 Å². The molecule has 0 aromatic heterocycles. The first-order chi connectivity index (χ1) is 9.85. The highest BCUT2D eigenvalue weighted by atomic mass is 16.2. The Hall–Kier alpha value is -2.04. The Kier molecular flexibility index (Phi) is 4.21. The molecule has 1 fully saturated rings. The van der Waals surface area contributed by atoms with Crippen LogP contribution in [0.2, 0.25) is 0 Å². The molecular weight excluding hydrogens is 266 g/mol. The van der Waals surface area contributed by atoms with Crippen LogP contribution in [-0.4, -0.2) is 36.3 Å². The number of nitrogen functional groups attached to an aromatic ring is 1. The summed E-state index contributed by atoms with van der Waals surface area (Å²) in [5.74, 6) is -0.125. The Bertz CT molecular complexity index is 533. The molecule has 5 heteroatoms. The molecule has 21 heavy (non-hydrogen) atoms. The predicted molar refractivity (Wildman–Crippen MR) is 82.7 cm³/mol. The zero-order valence-corrected chi connectivity index (χ0v) is 12.8. The maximum atomic E-state index is 12.6. The third kappa shape index (κ3) is 3.35. The summed E-state index contributed by atoms with van der Waals surface area (Å²) in [5, 5.41) is 2.80. The van der Waals surface area contributed by atoms with Crippen molar-refractivity contribution in [2.24, 2.45) is 0 Å². The molecule has 1 aliphatic carbocycles. The third-order valence-electron chi connectivity index (χ3n) is 3.80. The van der Waals surface area contributed by atoms with E-state index in [-0.39, 0.29) is 24.4 Å². The van der Waals surface area contributed by atoms with Crippen LogP contribution >= 0.6 is 0 Å². The van der Waals surface area contributed by atoms with Crippen molar-refractivity contribution < 1.29 is 9.59 Å². The summed E-state index contributed by atoms with van der Waals surface area (Å²) in [6, 6.07) is 7.51. The highest BCUT2D eigenvalue weighted by molar-refractivity contribution is 5.93. The van der Waals surface area contributed by atoms with Gasteiger partial charge in [-0.25, -0.2) is 0 Å². The SMILES string of the molecule is CC(C)NC(=O)CN(C)C(=O)C1(c2ccc(N)cc2)CC1. The number of rotatable bonds is 5. The van der Waals surface area contributed by atoms with E-state index in [1.807, 2.05) is 38.1 Å². The van der Waals surface area contributed by atoms with E-state index in [0.717, 1.165) is 18.4 Å². The van der Waals surface area contributed by atoms with Gasteiger partial charge in [-0.15, -0.1) is 0 Å². The van der Waals surface area contributed by atoms with Gasteiger partial charge < -0.3 is 16.0 Å². The predicted octanol–water partition coefficient (Wildman–Crippen LogP) is 1.28. The minimum absolute atomic E-state index is 0.00572. The summed E-state index contributed by atoms with van der Waals surface area (Å²) in [7, 11) is 1.68. The number of hydrogen-bond acceptors (Lipinski definition) is 3. The van der Waals surface area contributed by atoms with Crippen molar-refractivity contribution in [2.45, 2.75) is 38.1 Å². The first-order valence-corrected chi connectivity index (χ1v) is 7.26. The van der Waals surface area contributed by atoms with E-state index in [2.05, 4.69) is 5.32 Å².